The molecule has 4 rings (SSSR count). The molecule has 6 heteroatoms. The van der Waals surface area contributed by atoms with Crippen LogP contribution in [0.4, 0.5) is 5.69 Å². The molecule has 2 amide bonds. The predicted molar refractivity (Wildman–Crippen MR) is 145 cm³/mol. The van der Waals surface area contributed by atoms with Crippen LogP contribution < -0.4 is 11.1 Å². The topological polar surface area (TPSA) is 84.7 Å². The van der Waals surface area contributed by atoms with Crippen molar-refractivity contribution >= 4 is 23.1 Å². The van der Waals surface area contributed by atoms with Gasteiger partial charge in [-0.25, -0.2) is 0 Å². The van der Waals surface area contributed by atoms with Crippen molar-refractivity contribution in [2.45, 2.75) is 52.9 Å². The molecule has 0 aromatic heterocycles. The number of carbonyl (C=O) groups is 2. The van der Waals surface area contributed by atoms with Crippen molar-refractivity contribution in [2.24, 2.45) is 5.73 Å². The van der Waals surface area contributed by atoms with Crippen molar-refractivity contribution in [3.8, 4) is 0 Å². The number of carbonyl (C=O) groups excluding carboxylic acids is 2. The van der Waals surface area contributed by atoms with Crippen molar-refractivity contribution in [1.29, 1.82) is 0 Å². The maximum atomic E-state index is 12.6. The first-order chi connectivity index (χ1) is 16.9. The van der Waals surface area contributed by atoms with E-state index in [1.807, 2.05) is 38.1 Å². The third-order valence-corrected chi connectivity index (χ3v) is 6.91. The number of rotatable bonds is 6. The number of allylic oxidation sites excluding steroid dienone is 4. The van der Waals surface area contributed by atoms with E-state index in [-0.39, 0.29) is 7.33 Å². The van der Waals surface area contributed by atoms with E-state index in [2.05, 4.69) is 23.7 Å². The van der Waals surface area contributed by atoms with Gasteiger partial charge in [0, 0.05) is 31.3 Å². The molecular formula is C29H41N3O3. The number of nitrogens with two attached hydrogens (primary N) is 1. The number of fused-ring (bicyclic) bond motifs is 1. The molecule has 0 saturated carbocycles. The molecule has 0 unspecified atom stereocenters. The lowest BCUT2D eigenvalue weighted by molar-refractivity contribution is -0.114. The van der Waals surface area contributed by atoms with Crippen molar-refractivity contribution in [3.05, 3.63) is 70.3 Å². The molecule has 35 heavy (non-hydrogen) atoms. The fourth-order valence-electron chi connectivity index (χ4n) is 4.93. The number of primary amides is 1. The standard InChI is InChI=1S/C21H22N2O2.C8H17NO.H2/c1-4-12(2)18(20(22)24)14-9-7-10-15(13(14)3)19-16-8-5-6-11-17(16)23-21(19)25;1-2-3-4-9-5-7-10-8-6-9;/h4-6,8,11H,1,7,9-10H2,2-3H3,(H2,22,24)(H,23,25);2-8H2,1H3;1H/b18-12+,19-15-;;. The van der Waals surface area contributed by atoms with Crippen LogP contribution in [0.1, 0.15) is 59.9 Å². The summed E-state index contributed by atoms with van der Waals surface area (Å²) in [7, 11) is 0. The number of hydrogen-bond acceptors (Lipinski definition) is 4. The first-order valence-corrected chi connectivity index (χ1v) is 12.7. The van der Waals surface area contributed by atoms with Crippen LogP contribution in [0, 0.1) is 0 Å². The van der Waals surface area contributed by atoms with Crippen molar-refractivity contribution in [3.63, 3.8) is 0 Å². The SMILES string of the molecule is C=C/C(C)=C(/C(N)=O)C1=C(C)/C(=C2\C(=O)Nc3ccccc32)CCC1.CCCCN1CCOCC1.[HH]. The zero-order valence-corrected chi connectivity index (χ0v) is 21.4. The summed E-state index contributed by atoms with van der Waals surface area (Å²) in [5, 5.41) is 2.93. The lowest BCUT2D eigenvalue weighted by Gasteiger charge is -2.26. The Kier molecular flexibility index (Phi) is 9.64. The summed E-state index contributed by atoms with van der Waals surface area (Å²) >= 11 is 0. The minimum absolute atomic E-state index is 0. The van der Waals surface area contributed by atoms with Gasteiger partial charge in [0.1, 0.15) is 0 Å². The summed E-state index contributed by atoms with van der Waals surface area (Å²) in [6.45, 7) is 15.2. The van der Waals surface area contributed by atoms with Gasteiger partial charge in [-0.15, -0.1) is 0 Å². The number of unbranched alkanes of at least 4 members (excludes halogenated alkanes) is 1. The fraction of sp³-hybridized carbons (Fsp3) is 0.448. The number of ether oxygens (including phenoxy) is 1. The van der Waals surface area contributed by atoms with E-state index in [1.54, 1.807) is 6.08 Å². The molecule has 0 radical (unpaired) electrons. The van der Waals surface area contributed by atoms with Crippen LogP contribution >= 0.6 is 0 Å². The Hall–Kier alpha value is -2.96. The second-order valence-corrected chi connectivity index (χ2v) is 9.24. The van der Waals surface area contributed by atoms with Crippen LogP contribution in [0.15, 0.2) is 64.8 Å². The number of nitrogens with zero attached hydrogens (tertiary/aromatic N) is 1. The quantitative estimate of drug-likeness (QED) is 0.431. The zero-order valence-electron chi connectivity index (χ0n) is 21.4. The average molecular weight is 480 g/mol. The van der Waals surface area contributed by atoms with Crippen LogP contribution in [-0.4, -0.2) is 49.6 Å². The minimum atomic E-state index is -0.450. The number of anilines is 1. The molecule has 1 aliphatic carbocycles. The van der Waals surface area contributed by atoms with Gasteiger partial charge in [0.15, 0.2) is 0 Å². The third kappa shape index (κ3) is 6.38. The molecule has 2 heterocycles. The van der Waals surface area contributed by atoms with Crippen molar-refractivity contribution in [1.82, 2.24) is 4.90 Å². The third-order valence-electron chi connectivity index (χ3n) is 6.91. The van der Waals surface area contributed by atoms with Gasteiger partial charge in [0.25, 0.3) is 5.91 Å². The van der Waals surface area contributed by atoms with E-state index >= 15 is 0 Å². The van der Waals surface area contributed by atoms with E-state index in [0.717, 1.165) is 79.1 Å². The van der Waals surface area contributed by atoms with Gasteiger partial charge in [-0.2, -0.15) is 0 Å². The molecule has 0 atom stereocenters. The average Bonchev–Trinajstić information content (AvgIpc) is 3.20. The molecule has 3 N–H and O–H groups in total. The number of para-hydroxylation sites is 1. The Labute approximate surface area is 211 Å². The van der Waals surface area contributed by atoms with Crippen LogP contribution in [0.2, 0.25) is 0 Å². The monoisotopic (exact) mass is 479 g/mol. The summed E-state index contributed by atoms with van der Waals surface area (Å²) in [6, 6.07) is 7.69. The molecule has 1 aromatic rings. The Morgan fingerprint density at radius 3 is 2.63 bits per heavy atom. The summed E-state index contributed by atoms with van der Waals surface area (Å²) in [5.41, 5.74) is 12.3. The molecule has 3 aliphatic rings. The van der Waals surface area contributed by atoms with Gasteiger partial charge in [0.2, 0.25) is 5.91 Å². The van der Waals surface area contributed by atoms with Crippen molar-refractivity contribution in [2.75, 3.05) is 38.2 Å². The molecule has 2 aliphatic heterocycles. The van der Waals surface area contributed by atoms with E-state index in [4.69, 9.17) is 10.5 Å². The van der Waals surface area contributed by atoms with E-state index in [9.17, 15) is 9.59 Å². The molecule has 0 bridgehead atoms. The van der Waals surface area contributed by atoms with Gasteiger partial charge < -0.3 is 15.8 Å². The molecule has 1 fully saturated rings. The highest BCUT2D eigenvalue weighted by Gasteiger charge is 2.30. The Bertz CT molecular complexity index is 1070. The van der Waals surface area contributed by atoms with Gasteiger partial charge in [-0.1, -0.05) is 44.2 Å². The molecule has 1 aromatic carbocycles. The largest absolute Gasteiger partial charge is 0.379 e. The highest BCUT2D eigenvalue weighted by Crippen LogP contribution is 2.42. The molecule has 190 valence electrons. The molecule has 6 nitrogen and oxygen atoms in total. The zero-order chi connectivity index (χ0) is 25.4. The molecule has 0 spiro atoms. The van der Waals surface area contributed by atoms with Crippen LogP contribution in [-0.2, 0) is 14.3 Å². The van der Waals surface area contributed by atoms with E-state index in [0.29, 0.717) is 11.1 Å². The Balaban J connectivity index is 0.000000350. The van der Waals surface area contributed by atoms with Crippen LogP contribution in [0.25, 0.3) is 5.57 Å². The van der Waals surface area contributed by atoms with E-state index < -0.39 is 5.91 Å². The first kappa shape index (κ1) is 26.6. The Morgan fingerprint density at radius 1 is 1.26 bits per heavy atom. The van der Waals surface area contributed by atoms with Crippen LogP contribution in [0.3, 0.4) is 0 Å². The number of amides is 2. The van der Waals surface area contributed by atoms with Crippen molar-refractivity contribution < 1.29 is 15.8 Å². The normalized spacial score (nSPS) is 20.9. The first-order valence-electron chi connectivity index (χ1n) is 12.7. The second kappa shape index (κ2) is 12.7. The summed E-state index contributed by atoms with van der Waals surface area (Å²) in [4.78, 5) is 27.1. The lowest BCUT2D eigenvalue weighted by Crippen LogP contribution is -2.36. The highest BCUT2D eigenvalue weighted by atomic mass is 16.5. The number of nitrogens with one attached hydrogen (secondary N) is 1. The maximum Gasteiger partial charge on any atom is 0.256 e. The number of morpholine rings is 1. The summed E-state index contributed by atoms with van der Waals surface area (Å²) < 4.78 is 5.24. The summed E-state index contributed by atoms with van der Waals surface area (Å²) in [5.74, 6) is -0.531. The highest BCUT2D eigenvalue weighted by molar-refractivity contribution is 6.32. The van der Waals surface area contributed by atoms with Gasteiger partial charge in [-0.3, -0.25) is 14.5 Å². The van der Waals surface area contributed by atoms with Gasteiger partial charge in [0.05, 0.1) is 18.8 Å². The molecule has 1 saturated heterocycles. The maximum absolute atomic E-state index is 12.6. The lowest BCUT2D eigenvalue weighted by atomic mass is 9.80. The summed E-state index contributed by atoms with van der Waals surface area (Å²) in [6.07, 6.45) is 6.75. The fourth-order valence-corrected chi connectivity index (χ4v) is 4.93. The van der Waals surface area contributed by atoms with Crippen LogP contribution in [0.5, 0.6) is 0 Å². The predicted octanol–water partition coefficient (Wildman–Crippen LogP) is 5.25. The minimum Gasteiger partial charge on any atom is -0.379 e. The molecular weight excluding hydrogens is 438 g/mol. The second-order valence-electron chi connectivity index (χ2n) is 9.24. The Morgan fingerprint density at radius 2 is 1.97 bits per heavy atom. The number of benzene rings is 1. The number of hydrogen-bond donors (Lipinski definition) is 2. The smallest absolute Gasteiger partial charge is 0.256 e. The van der Waals surface area contributed by atoms with Gasteiger partial charge >= 0.3 is 0 Å². The van der Waals surface area contributed by atoms with Gasteiger partial charge in [-0.05, 0) is 74.4 Å². The van der Waals surface area contributed by atoms with E-state index in [1.165, 1.54) is 19.4 Å².